The van der Waals surface area contributed by atoms with Crippen LogP contribution in [0.25, 0.3) is 0 Å². The highest BCUT2D eigenvalue weighted by molar-refractivity contribution is 5.93. The summed E-state index contributed by atoms with van der Waals surface area (Å²) in [5.74, 6) is -1.42. The average Bonchev–Trinajstić information content (AvgIpc) is 2.79. The molecule has 3 unspecified atom stereocenters. The van der Waals surface area contributed by atoms with E-state index in [0.29, 0.717) is 12.0 Å². The second-order valence-corrected chi connectivity index (χ2v) is 10.9. The van der Waals surface area contributed by atoms with E-state index in [2.05, 4.69) is 10.6 Å². The maximum absolute atomic E-state index is 14.2. The minimum atomic E-state index is -0.974. The molecule has 0 bridgehead atoms. The van der Waals surface area contributed by atoms with Crippen LogP contribution in [-0.4, -0.2) is 59.6 Å². The van der Waals surface area contributed by atoms with Crippen molar-refractivity contribution in [2.24, 2.45) is 5.92 Å². The van der Waals surface area contributed by atoms with Gasteiger partial charge in [0.05, 0.1) is 13.0 Å². The second kappa shape index (κ2) is 14.7. The lowest BCUT2D eigenvalue weighted by molar-refractivity contribution is -0.146. The number of esters is 1. The molecule has 0 heterocycles. The van der Waals surface area contributed by atoms with Gasteiger partial charge in [-0.1, -0.05) is 38.5 Å². The Morgan fingerprint density at radius 2 is 1.58 bits per heavy atom. The number of carbonyl (C=O) groups excluding carboxylic acids is 4. The molecule has 2 N–H and O–H groups in total. The maximum Gasteiger partial charge on any atom is 0.408 e. The molecule has 0 saturated carbocycles. The van der Waals surface area contributed by atoms with Crippen LogP contribution in [0.3, 0.4) is 0 Å². The number of hydrogen-bond donors (Lipinski definition) is 2. The second-order valence-electron chi connectivity index (χ2n) is 10.9. The molecule has 0 aromatic heterocycles. The van der Waals surface area contributed by atoms with Gasteiger partial charge in [-0.15, -0.1) is 0 Å². The van der Waals surface area contributed by atoms with E-state index in [0.717, 1.165) is 11.1 Å². The predicted molar refractivity (Wildman–Crippen MR) is 148 cm³/mol. The molecule has 214 valence electrons. The van der Waals surface area contributed by atoms with Gasteiger partial charge in [0, 0.05) is 12.6 Å². The molecule has 0 radical (unpaired) electrons. The lowest BCUT2D eigenvalue weighted by Crippen LogP contribution is -2.57. The van der Waals surface area contributed by atoms with Crippen LogP contribution in [0.5, 0.6) is 0 Å². The van der Waals surface area contributed by atoms with Crippen LogP contribution in [0.2, 0.25) is 0 Å². The topological polar surface area (TPSA) is 114 Å². The Kier molecular flexibility index (Phi) is 12.8. The van der Waals surface area contributed by atoms with E-state index >= 15 is 0 Å². The molecule has 1 aromatic rings. The fraction of sp³-hybridized carbons (Fsp3) is 0.655. The highest BCUT2D eigenvalue weighted by Crippen LogP contribution is 2.31. The molecule has 0 aliphatic carbocycles. The Bertz CT molecular complexity index is 949. The summed E-state index contributed by atoms with van der Waals surface area (Å²) in [6.07, 6.45) is -0.0511. The van der Waals surface area contributed by atoms with Crippen molar-refractivity contribution in [2.75, 3.05) is 13.2 Å². The molecule has 0 saturated heterocycles. The Balaban J connectivity index is 3.51. The molecular weight excluding hydrogens is 486 g/mol. The Labute approximate surface area is 228 Å². The summed E-state index contributed by atoms with van der Waals surface area (Å²) in [6.45, 7) is 18.6. The van der Waals surface area contributed by atoms with Gasteiger partial charge in [0.1, 0.15) is 17.7 Å². The van der Waals surface area contributed by atoms with E-state index in [1.807, 2.05) is 59.7 Å². The Hall–Kier alpha value is -3.10. The minimum Gasteiger partial charge on any atom is -0.466 e. The van der Waals surface area contributed by atoms with E-state index in [-0.39, 0.29) is 37.4 Å². The van der Waals surface area contributed by atoms with Crippen LogP contribution in [0, 0.1) is 19.8 Å². The standard InChI is InChI=1S/C29H47N3O6/c1-11-19(5)24(31-28(36)38-29(8,9)10)27(35)32(18(3)4)25(23-20(6)14-13-15-21(23)7)26(34)30-17-16-22(33)37-12-2/h13-15,18-19,24-25H,11-12,16-17H2,1-10H3,(H,30,34)(H,31,36). The van der Waals surface area contributed by atoms with E-state index in [1.165, 1.54) is 4.90 Å². The van der Waals surface area contributed by atoms with Crippen molar-refractivity contribution in [3.05, 3.63) is 34.9 Å². The summed E-state index contributed by atoms with van der Waals surface area (Å²) in [7, 11) is 0. The summed E-state index contributed by atoms with van der Waals surface area (Å²) in [5.41, 5.74) is 1.69. The quantitative estimate of drug-likeness (QED) is 0.380. The number of aryl methyl sites for hydroxylation is 2. The van der Waals surface area contributed by atoms with Gasteiger partial charge in [-0.05, 0) is 78.0 Å². The number of hydrogen-bond acceptors (Lipinski definition) is 6. The molecule has 0 spiro atoms. The molecule has 0 aliphatic heterocycles. The van der Waals surface area contributed by atoms with Crippen molar-refractivity contribution in [1.29, 1.82) is 0 Å². The summed E-state index contributed by atoms with van der Waals surface area (Å²) in [4.78, 5) is 54.0. The lowest BCUT2D eigenvalue weighted by atomic mass is 9.91. The molecule has 1 aromatic carbocycles. The smallest absolute Gasteiger partial charge is 0.408 e. The van der Waals surface area contributed by atoms with Crippen molar-refractivity contribution < 1.29 is 28.7 Å². The van der Waals surface area contributed by atoms with Crippen LogP contribution >= 0.6 is 0 Å². The van der Waals surface area contributed by atoms with Crippen molar-refractivity contribution in [3.63, 3.8) is 0 Å². The van der Waals surface area contributed by atoms with Gasteiger partial charge in [-0.25, -0.2) is 4.79 Å². The number of carbonyl (C=O) groups is 4. The summed E-state index contributed by atoms with van der Waals surface area (Å²) < 4.78 is 10.4. The number of rotatable bonds is 12. The zero-order valence-electron chi connectivity index (χ0n) is 24.8. The highest BCUT2D eigenvalue weighted by atomic mass is 16.6. The number of benzene rings is 1. The van der Waals surface area contributed by atoms with Crippen LogP contribution < -0.4 is 10.6 Å². The molecule has 9 nitrogen and oxygen atoms in total. The first-order chi connectivity index (χ1) is 17.6. The lowest BCUT2D eigenvalue weighted by Gasteiger charge is -2.39. The molecule has 1 rings (SSSR count). The van der Waals surface area contributed by atoms with Crippen molar-refractivity contribution >= 4 is 23.9 Å². The predicted octanol–water partition coefficient (Wildman–Crippen LogP) is 4.59. The third-order valence-electron chi connectivity index (χ3n) is 6.24. The Morgan fingerprint density at radius 1 is 1.00 bits per heavy atom. The average molecular weight is 534 g/mol. The van der Waals surface area contributed by atoms with Crippen LogP contribution in [-0.2, 0) is 23.9 Å². The first kappa shape index (κ1) is 32.9. The third kappa shape index (κ3) is 9.65. The number of nitrogens with zero attached hydrogens (tertiary/aromatic N) is 1. The van der Waals surface area contributed by atoms with Gasteiger partial charge in [0.15, 0.2) is 0 Å². The molecule has 9 heteroatoms. The zero-order chi connectivity index (χ0) is 29.2. The monoisotopic (exact) mass is 533 g/mol. The fourth-order valence-corrected chi connectivity index (χ4v) is 4.23. The van der Waals surface area contributed by atoms with Gasteiger partial charge in [0.2, 0.25) is 11.8 Å². The number of amides is 3. The largest absolute Gasteiger partial charge is 0.466 e. The van der Waals surface area contributed by atoms with E-state index in [4.69, 9.17) is 9.47 Å². The van der Waals surface area contributed by atoms with Gasteiger partial charge in [-0.2, -0.15) is 0 Å². The van der Waals surface area contributed by atoms with E-state index < -0.39 is 35.7 Å². The SMILES string of the molecule is CCOC(=O)CCNC(=O)C(c1c(C)cccc1C)N(C(=O)C(NC(=O)OC(C)(C)C)C(C)CC)C(C)C. The molecule has 0 aliphatic rings. The third-order valence-corrected chi connectivity index (χ3v) is 6.24. The highest BCUT2D eigenvalue weighted by Gasteiger charge is 2.40. The minimum absolute atomic E-state index is 0.0182. The van der Waals surface area contributed by atoms with Crippen LogP contribution in [0.4, 0.5) is 4.79 Å². The van der Waals surface area contributed by atoms with Gasteiger partial charge < -0.3 is 25.0 Å². The molecule has 38 heavy (non-hydrogen) atoms. The van der Waals surface area contributed by atoms with E-state index in [9.17, 15) is 19.2 Å². The van der Waals surface area contributed by atoms with Gasteiger partial charge >= 0.3 is 12.1 Å². The van der Waals surface area contributed by atoms with Crippen LogP contribution in [0.1, 0.15) is 91.0 Å². The summed E-state index contributed by atoms with van der Waals surface area (Å²) in [5, 5.41) is 5.58. The van der Waals surface area contributed by atoms with Gasteiger partial charge in [0.25, 0.3) is 0 Å². The molecule has 0 fully saturated rings. The molecule has 3 amide bonds. The number of nitrogens with one attached hydrogen (secondary N) is 2. The van der Waals surface area contributed by atoms with Crippen LogP contribution in [0.15, 0.2) is 18.2 Å². The van der Waals surface area contributed by atoms with Crippen molar-refractivity contribution in [2.45, 2.75) is 106 Å². The van der Waals surface area contributed by atoms with E-state index in [1.54, 1.807) is 27.7 Å². The van der Waals surface area contributed by atoms with Gasteiger partial charge in [-0.3, -0.25) is 14.4 Å². The first-order valence-electron chi connectivity index (χ1n) is 13.5. The fourth-order valence-electron chi connectivity index (χ4n) is 4.23. The normalized spacial score (nSPS) is 13.8. The maximum atomic E-state index is 14.2. The summed E-state index contributed by atoms with van der Waals surface area (Å²) >= 11 is 0. The van der Waals surface area contributed by atoms with Crippen molar-refractivity contribution in [3.8, 4) is 0 Å². The number of ether oxygens (including phenoxy) is 2. The first-order valence-corrected chi connectivity index (χ1v) is 13.5. The Morgan fingerprint density at radius 3 is 2.05 bits per heavy atom. The molecular formula is C29H47N3O6. The van der Waals surface area contributed by atoms with Crippen molar-refractivity contribution in [1.82, 2.24) is 15.5 Å². The number of alkyl carbamates (subject to hydrolysis) is 1. The summed E-state index contributed by atoms with van der Waals surface area (Å²) in [6, 6.07) is 3.44. The molecule has 3 atom stereocenters. The zero-order valence-corrected chi connectivity index (χ0v) is 24.8.